The second-order valence-electron chi connectivity index (χ2n) is 8.34. The first-order valence-corrected chi connectivity index (χ1v) is 11.7. The normalized spacial score (nSPS) is 21.2. The fraction of sp³-hybridized carbons (Fsp3) is 0.417. The van der Waals surface area contributed by atoms with Crippen LogP contribution in [0.2, 0.25) is 10.0 Å². The lowest BCUT2D eigenvalue weighted by molar-refractivity contribution is 0.0575. The second kappa shape index (κ2) is 10.0. The molecule has 2 N–H and O–H groups in total. The lowest BCUT2D eigenvalue weighted by atomic mass is 9.83. The van der Waals surface area contributed by atoms with Crippen LogP contribution in [-0.2, 0) is 0 Å². The van der Waals surface area contributed by atoms with Gasteiger partial charge in [0, 0.05) is 23.8 Å². The van der Waals surface area contributed by atoms with Crippen LogP contribution in [0.1, 0.15) is 52.8 Å². The third-order valence-electron chi connectivity index (χ3n) is 6.35. The van der Waals surface area contributed by atoms with E-state index in [4.69, 9.17) is 23.2 Å². The fourth-order valence-electron chi connectivity index (χ4n) is 4.75. The number of rotatable bonds is 5. The number of amides is 2. The van der Waals surface area contributed by atoms with Gasteiger partial charge in [-0.05, 0) is 81.1 Å². The Morgan fingerprint density at radius 3 is 2.35 bits per heavy atom. The lowest BCUT2D eigenvalue weighted by Crippen LogP contribution is -2.51. The summed E-state index contributed by atoms with van der Waals surface area (Å²) < 4.78 is 0. The molecule has 2 saturated heterocycles. The maximum absolute atomic E-state index is 12.6. The molecular weight excluding hydrogens is 433 g/mol. The van der Waals surface area contributed by atoms with Crippen LogP contribution in [0.25, 0.3) is 0 Å². The van der Waals surface area contributed by atoms with Crippen LogP contribution in [0, 0.1) is 5.92 Å². The van der Waals surface area contributed by atoms with Gasteiger partial charge in [-0.1, -0.05) is 35.7 Å². The number of nitrogens with zero attached hydrogens (tertiary/aromatic N) is 1. The number of carbonyl (C=O) groups is 2. The first-order chi connectivity index (χ1) is 15.0. The smallest absolute Gasteiger partial charge is 0.258 e. The summed E-state index contributed by atoms with van der Waals surface area (Å²) in [6.45, 7) is 3.10. The Bertz CT molecular complexity index is 926. The number of nitrogens with one attached hydrogen (secondary N) is 2. The van der Waals surface area contributed by atoms with Crippen LogP contribution in [0.15, 0.2) is 42.5 Å². The average Bonchev–Trinajstić information content (AvgIpc) is 2.78. The predicted molar refractivity (Wildman–Crippen MR) is 125 cm³/mol. The summed E-state index contributed by atoms with van der Waals surface area (Å²) in [5.41, 5.74) is 1.38. The van der Waals surface area contributed by atoms with E-state index in [9.17, 15) is 9.59 Å². The van der Waals surface area contributed by atoms with Crippen molar-refractivity contribution < 1.29 is 9.59 Å². The summed E-state index contributed by atoms with van der Waals surface area (Å²) in [5, 5.41) is 6.47. The monoisotopic (exact) mass is 459 g/mol. The van der Waals surface area contributed by atoms with Crippen LogP contribution < -0.4 is 10.6 Å². The Hall–Kier alpha value is -2.08. The van der Waals surface area contributed by atoms with Gasteiger partial charge in [-0.3, -0.25) is 9.59 Å². The molecule has 4 rings (SSSR count). The SMILES string of the molecule is O=C(NCC1CCCN2CCCCC12)c1ccc(NC(=O)c2c(Cl)cccc2Cl)cc1. The van der Waals surface area contributed by atoms with Crippen molar-refractivity contribution in [3.05, 3.63) is 63.6 Å². The van der Waals surface area contributed by atoms with Crippen LogP contribution in [-0.4, -0.2) is 42.4 Å². The first-order valence-electron chi connectivity index (χ1n) is 10.9. The van der Waals surface area contributed by atoms with Crippen LogP contribution in [0.5, 0.6) is 0 Å². The molecule has 0 bridgehead atoms. The van der Waals surface area contributed by atoms with Crippen LogP contribution >= 0.6 is 23.2 Å². The highest BCUT2D eigenvalue weighted by Gasteiger charge is 2.32. The Kier molecular flexibility index (Phi) is 7.16. The van der Waals surface area contributed by atoms with Gasteiger partial charge < -0.3 is 15.5 Å². The lowest BCUT2D eigenvalue weighted by Gasteiger charge is -2.44. The molecular formula is C24H27Cl2N3O2. The number of piperidine rings is 2. The topological polar surface area (TPSA) is 61.4 Å². The summed E-state index contributed by atoms with van der Waals surface area (Å²) in [5.74, 6) is 0.0547. The first kappa shape index (κ1) is 22.1. The Morgan fingerprint density at radius 2 is 1.61 bits per heavy atom. The average molecular weight is 460 g/mol. The largest absolute Gasteiger partial charge is 0.352 e. The van der Waals surface area contributed by atoms with Gasteiger partial charge in [-0.25, -0.2) is 0 Å². The van der Waals surface area contributed by atoms with Crippen molar-refractivity contribution in [2.45, 2.75) is 38.1 Å². The molecule has 2 unspecified atom stereocenters. The van der Waals surface area contributed by atoms with Crippen molar-refractivity contribution in [3.8, 4) is 0 Å². The van der Waals surface area contributed by atoms with E-state index < -0.39 is 0 Å². The maximum Gasteiger partial charge on any atom is 0.258 e. The minimum Gasteiger partial charge on any atom is -0.352 e. The zero-order valence-corrected chi connectivity index (χ0v) is 18.9. The number of carbonyl (C=O) groups excluding carboxylic acids is 2. The highest BCUT2D eigenvalue weighted by molar-refractivity contribution is 6.40. The van der Waals surface area contributed by atoms with E-state index in [1.807, 2.05) is 0 Å². The third kappa shape index (κ3) is 5.22. The molecule has 2 aromatic carbocycles. The van der Waals surface area contributed by atoms with Crippen LogP contribution in [0.3, 0.4) is 0 Å². The number of hydrogen-bond donors (Lipinski definition) is 2. The van der Waals surface area contributed by atoms with Gasteiger partial charge in [-0.15, -0.1) is 0 Å². The minimum atomic E-state index is -0.387. The molecule has 164 valence electrons. The highest BCUT2D eigenvalue weighted by atomic mass is 35.5. The fourth-order valence-corrected chi connectivity index (χ4v) is 5.32. The van der Waals surface area contributed by atoms with Crippen molar-refractivity contribution in [1.29, 1.82) is 0 Å². The molecule has 0 spiro atoms. The molecule has 2 aliphatic rings. The van der Waals surface area contributed by atoms with Crippen LogP contribution in [0.4, 0.5) is 5.69 Å². The van der Waals surface area contributed by atoms with Gasteiger partial charge in [0.05, 0.1) is 15.6 Å². The minimum absolute atomic E-state index is 0.0834. The summed E-state index contributed by atoms with van der Waals surface area (Å²) in [7, 11) is 0. The molecule has 0 radical (unpaired) electrons. The predicted octanol–water partition coefficient (Wildman–Crippen LogP) is 5.24. The quantitative estimate of drug-likeness (QED) is 0.642. The van der Waals surface area contributed by atoms with E-state index in [0.29, 0.717) is 39.8 Å². The molecule has 2 aliphatic heterocycles. The standard InChI is InChI=1S/C24H27Cl2N3O2/c25-19-6-3-7-20(26)22(19)24(31)28-18-11-9-16(10-12-18)23(30)27-15-17-5-4-14-29-13-2-1-8-21(17)29/h3,6-7,9-12,17,21H,1-2,4-5,8,13-15H2,(H,27,30)(H,28,31). The third-order valence-corrected chi connectivity index (χ3v) is 6.98. The molecule has 5 nitrogen and oxygen atoms in total. The van der Waals surface area contributed by atoms with Crippen molar-refractivity contribution in [3.63, 3.8) is 0 Å². The van der Waals surface area contributed by atoms with Gasteiger partial charge >= 0.3 is 0 Å². The number of benzene rings is 2. The Morgan fingerprint density at radius 1 is 0.903 bits per heavy atom. The molecule has 2 fully saturated rings. The number of hydrogen-bond acceptors (Lipinski definition) is 3. The number of fused-ring (bicyclic) bond motifs is 1. The van der Waals surface area contributed by atoms with E-state index in [1.54, 1.807) is 42.5 Å². The molecule has 7 heteroatoms. The van der Waals surface area contributed by atoms with Gasteiger partial charge in [0.15, 0.2) is 0 Å². The van der Waals surface area contributed by atoms with Crippen molar-refractivity contribution in [2.75, 3.05) is 25.0 Å². The van der Waals surface area contributed by atoms with E-state index >= 15 is 0 Å². The number of anilines is 1. The molecule has 0 saturated carbocycles. The number of halogens is 2. The molecule has 0 aliphatic carbocycles. The van der Waals surface area contributed by atoms with Crippen molar-refractivity contribution >= 4 is 40.7 Å². The highest BCUT2D eigenvalue weighted by Crippen LogP contribution is 2.30. The van der Waals surface area contributed by atoms with E-state index in [2.05, 4.69) is 15.5 Å². The van der Waals surface area contributed by atoms with Gasteiger partial charge in [0.25, 0.3) is 11.8 Å². The Labute approximate surface area is 193 Å². The van der Waals surface area contributed by atoms with Gasteiger partial charge in [0.1, 0.15) is 0 Å². The van der Waals surface area contributed by atoms with Gasteiger partial charge in [-0.2, -0.15) is 0 Å². The van der Waals surface area contributed by atoms with Crippen molar-refractivity contribution in [1.82, 2.24) is 10.2 Å². The Balaban J connectivity index is 1.33. The van der Waals surface area contributed by atoms with E-state index in [-0.39, 0.29) is 17.4 Å². The molecule has 2 heterocycles. The van der Waals surface area contributed by atoms with E-state index in [0.717, 1.165) is 0 Å². The van der Waals surface area contributed by atoms with E-state index in [1.165, 1.54) is 45.2 Å². The van der Waals surface area contributed by atoms with Crippen molar-refractivity contribution in [2.24, 2.45) is 5.92 Å². The summed E-state index contributed by atoms with van der Waals surface area (Å²) in [6, 6.07) is 12.4. The molecule has 2 amide bonds. The summed E-state index contributed by atoms with van der Waals surface area (Å²) >= 11 is 12.2. The maximum atomic E-state index is 12.6. The second-order valence-corrected chi connectivity index (χ2v) is 9.15. The summed E-state index contributed by atoms with van der Waals surface area (Å²) in [6.07, 6.45) is 6.21. The molecule has 31 heavy (non-hydrogen) atoms. The zero-order valence-electron chi connectivity index (χ0n) is 17.4. The molecule has 2 atom stereocenters. The van der Waals surface area contributed by atoms with Gasteiger partial charge in [0.2, 0.25) is 0 Å². The molecule has 2 aromatic rings. The summed E-state index contributed by atoms with van der Waals surface area (Å²) in [4.78, 5) is 27.8. The molecule has 0 aromatic heterocycles. The zero-order chi connectivity index (χ0) is 21.8.